The largest absolute Gasteiger partial charge is 0.367 e. The smallest absolute Gasteiger partial charge is 0.164 e. The third-order valence-corrected chi connectivity index (χ3v) is 6.75. The molecule has 0 amide bonds. The van der Waals surface area contributed by atoms with Crippen LogP contribution in [0.3, 0.4) is 0 Å². The fraction of sp³-hybridized carbons (Fsp3) is 0.455. The average molecular weight is 480 g/mol. The van der Waals surface area contributed by atoms with Gasteiger partial charge in [0.25, 0.3) is 0 Å². The minimum atomic E-state index is -1.25. The van der Waals surface area contributed by atoms with Crippen molar-refractivity contribution in [1.29, 1.82) is 0 Å². The Morgan fingerprint density at radius 1 is 1.06 bits per heavy atom. The van der Waals surface area contributed by atoms with Crippen LogP contribution in [0, 0.1) is 0 Å². The number of rotatable bonds is 2. The summed E-state index contributed by atoms with van der Waals surface area (Å²) in [6.07, 6.45) is -0.478. The van der Waals surface area contributed by atoms with Gasteiger partial charge in [-0.05, 0) is 43.2 Å². The van der Waals surface area contributed by atoms with Gasteiger partial charge in [0.15, 0.2) is 12.0 Å². The zero-order valence-electron chi connectivity index (χ0n) is 17.2. The second-order valence-electron chi connectivity index (χ2n) is 8.68. The van der Waals surface area contributed by atoms with Crippen LogP contribution in [-0.2, 0) is 18.9 Å². The number of fused-ring (bicyclic) bond motifs is 3. The van der Waals surface area contributed by atoms with E-state index in [1.165, 1.54) is 6.33 Å². The Labute approximate surface area is 193 Å². The molecule has 2 fully saturated rings. The van der Waals surface area contributed by atoms with Crippen molar-refractivity contribution in [3.8, 4) is 0 Å². The highest BCUT2D eigenvalue weighted by atomic mass is 35.5. The highest BCUT2D eigenvalue weighted by Gasteiger charge is 2.59. The third-order valence-electron chi connectivity index (χ3n) is 6.21. The summed E-state index contributed by atoms with van der Waals surface area (Å²) in [5, 5.41) is 1.55. The summed E-state index contributed by atoms with van der Waals surface area (Å²) < 4.78 is 41.4. The molecule has 0 aliphatic carbocycles. The van der Waals surface area contributed by atoms with Gasteiger partial charge >= 0.3 is 0 Å². The number of ether oxygens (including phenoxy) is 4. The van der Waals surface area contributed by atoms with E-state index < -0.39 is 42.6 Å². The first-order chi connectivity index (χ1) is 15.3. The van der Waals surface area contributed by atoms with Crippen LogP contribution in [0.5, 0.6) is 0 Å². The molecule has 2 saturated heterocycles. The second kappa shape index (κ2) is 7.35. The minimum absolute atomic E-state index is 0.0839. The summed E-state index contributed by atoms with van der Waals surface area (Å²) in [7, 11) is 0. The van der Waals surface area contributed by atoms with Gasteiger partial charge in [-0.1, -0.05) is 29.3 Å². The third kappa shape index (κ3) is 3.16. The summed E-state index contributed by atoms with van der Waals surface area (Å²) in [6, 6.07) is 7.01. The molecule has 0 bridgehead atoms. The van der Waals surface area contributed by atoms with Gasteiger partial charge in [0.05, 0.1) is 12.0 Å². The van der Waals surface area contributed by atoms with Crippen molar-refractivity contribution < 1.29 is 23.3 Å². The molecule has 7 nitrogen and oxygen atoms in total. The van der Waals surface area contributed by atoms with E-state index >= 15 is 0 Å². The average Bonchev–Trinajstić information content (AvgIpc) is 3.40. The van der Waals surface area contributed by atoms with Crippen LogP contribution in [0.15, 0.2) is 36.8 Å². The number of nitrogens with zero attached hydrogens (tertiary/aromatic N) is 3. The Kier molecular flexibility index (Phi) is 4.77. The first kappa shape index (κ1) is 20.8. The van der Waals surface area contributed by atoms with E-state index in [2.05, 4.69) is 9.97 Å². The number of alkyl halides is 1. The van der Waals surface area contributed by atoms with E-state index in [0.717, 1.165) is 0 Å². The van der Waals surface area contributed by atoms with Crippen LogP contribution in [0.25, 0.3) is 11.0 Å². The summed E-state index contributed by atoms with van der Waals surface area (Å²) in [6.45, 7) is 3.64. The van der Waals surface area contributed by atoms with Gasteiger partial charge in [-0.2, -0.15) is 0 Å². The molecule has 168 valence electrons. The highest BCUT2D eigenvalue weighted by Crippen LogP contribution is 2.50. The Morgan fingerprint density at radius 2 is 1.88 bits per heavy atom. The maximum absolute atomic E-state index is 14.6. The Morgan fingerprint density at radius 3 is 2.72 bits per heavy atom. The lowest BCUT2D eigenvalue weighted by atomic mass is 9.91. The molecule has 1 aromatic carbocycles. The molecular weight excluding hydrogens is 460 g/mol. The second-order valence-corrected chi connectivity index (χ2v) is 9.47. The van der Waals surface area contributed by atoms with Gasteiger partial charge in [0.2, 0.25) is 0 Å². The molecule has 5 heterocycles. The van der Waals surface area contributed by atoms with Gasteiger partial charge in [0.1, 0.15) is 47.7 Å². The fourth-order valence-corrected chi connectivity index (χ4v) is 5.31. The van der Waals surface area contributed by atoms with Crippen LogP contribution in [0.1, 0.15) is 43.5 Å². The maximum Gasteiger partial charge on any atom is 0.164 e. The van der Waals surface area contributed by atoms with Crippen LogP contribution in [-0.4, -0.2) is 45.2 Å². The summed E-state index contributed by atoms with van der Waals surface area (Å²) >= 11 is 12.4. The molecular formula is C22H20Cl2FN3O4. The molecule has 0 radical (unpaired) electrons. The fourth-order valence-electron chi connectivity index (χ4n) is 4.94. The van der Waals surface area contributed by atoms with E-state index in [4.69, 9.17) is 42.1 Å². The molecule has 0 N–H and O–H groups in total. The Hall–Kier alpha value is -1.81. The zero-order valence-corrected chi connectivity index (χ0v) is 18.8. The lowest BCUT2D eigenvalue weighted by Gasteiger charge is -2.34. The molecule has 0 unspecified atom stereocenters. The predicted octanol–water partition coefficient (Wildman–Crippen LogP) is 4.94. The van der Waals surface area contributed by atoms with Crippen LogP contribution >= 0.6 is 23.2 Å². The maximum atomic E-state index is 14.6. The molecule has 6 rings (SSSR count). The van der Waals surface area contributed by atoms with Gasteiger partial charge in [-0.15, -0.1) is 0 Å². The van der Waals surface area contributed by atoms with E-state index in [9.17, 15) is 4.39 Å². The van der Waals surface area contributed by atoms with Crippen molar-refractivity contribution in [2.75, 3.05) is 6.61 Å². The number of aromatic nitrogens is 3. The first-order valence-corrected chi connectivity index (χ1v) is 11.1. The van der Waals surface area contributed by atoms with Crippen molar-refractivity contribution in [1.82, 2.24) is 14.5 Å². The molecule has 2 aromatic heterocycles. The van der Waals surface area contributed by atoms with Crippen LogP contribution in [0.4, 0.5) is 4.39 Å². The summed E-state index contributed by atoms with van der Waals surface area (Å²) in [4.78, 5) is 8.43. The first-order valence-electron chi connectivity index (χ1n) is 10.4. The van der Waals surface area contributed by atoms with Gasteiger partial charge in [-0.25, -0.2) is 14.4 Å². The topological polar surface area (TPSA) is 67.6 Å². The van der Waals surface area contributed by atoms with E-state index in [1.807, 2.05) is 30.7 Å². The number of hydrogen-bond acceptors (Lipinski definition) is 6. The van der Waals surface area contributed by atoms with Crippen molar-refractivity contribution in [3.05, 3.63) is 58.1 Å². The van der Waals surface area contributed by atoms with Crippen molar-refractivity contribution in [2.45, 2.75) is 56.5 Å². The molecule has 0 spiro atoms. The van der Waals surface area contributed by atoms with Crippen LogP contribution in [0.2, 0.25) is 10.2 Å². The molecule has 32 heavy (non-hydrogen) atoms. The summed E-state index contributed by atoms with van der Waals surface area (Å²) in [5.74, 6) is -0.814. The minimum Gasteiger partial charge on any atom is -0.367 e. The summed E-state index contributed by atoms with van der Waals surface area (Å²) in [5.41, 5.74) is 1.85. The lowest BCUT2D eigenvalue weighted by Crippen LogP contribution is -2.37. The Bertz CT molecular complexity index is 1210. The number of benzene rings is 1. The normalized spacial score (nSPS) is 33.4. The van der Waals surface area contributed by atoms with Crippen molar-refractivity contribution in [3.63, 3.8) is 0 Å². The zero-order chi connectivity index (χ0) is 22.2. The SMILES string of the molecule is CC1(C)O[C@H]2[C@@H](O1)[C@H](n1ccc3c(Cl)ncnc31)O[C@@H]2[C@@H]1OC[C@@H](F)c2cc(Cl)ccc21. The monoisotopic (exact) mass is 479 g/mol. The molecule has 0 saturated carbocycles. The highest BCUT2D eigenvalue weighted by molar-refractivity contribution is 6.33. The van der Waals surface area contributed by atoms with Crippen molar-refractivity contribution in [2.24, 2.45) is 0 Å². The van der Waals surface area contributed by atoms with Crippen LogP contribution < -0.4 is 0 Å². The number of halogens is 3. The van der Waals surface area contributed by atoms with E-state index in [-0.39, 0.29) is 6.61 Å². The van der Waals surface area contributed by atoms with Gasteiger partial charge in [-0.3, -0.25) is 0 Å². The van der Waals surface area contributed by atoms with E-state index in [1.54, 1.807) is 18.2 Å². The molecule has 3 aliphatic heterocycles. The lowest BCUT2D eigenvalue weighted by molar-refractivity contribution is -0.214. The van der Waals surface area contributed by atoms with Gasteiger partial charge in [0, 0.05) is 11.2 Å². The Balaban J connectivity index is 1.42. The van der Waals surface area contributed by atoms with E-state index in [0.29, 0.717) is 32.3 Å². The standard InChI is InChI=1S/C22H20Cl2FN3O4/c1-22(2)31-17-16(15-11-4-3-10(23)7-13(11)14(25)8-29-15)30-21(18(17)32-22)28-6-5-12-19(24)26-9-27-20(12)28/h3-7,9,14-18,21H,8H2,1-2H3/t14-,15-,16-,17-,18-,21-/m1/s1. The van der Waals surface area contributed by atoms with Crippen molar-refractivity contribution >= 4 is 34.2 Å². The van der Waals surface area contributed by atoms with Gasteiger partial charge < -0.3 is 23.5 Å². The molecule has 3 aliphatic rings. The molecule has 10 heteroatoms. The number of hydrogen-bond donors (Lipinski definition) is 0. The quantitative estimate of drug-likeness (QED) is 0.485. The molecule has 3 aromatic rings. The predicted molar refractivity (Wildman–Crippen MR) is 114 cm³/mol. The molecule has 6 atom stereocenters.